The van der Waals surface area contributed by atoms with Crippen molar-refractivity contribution in [1.29, 1.82) is 0 Å². The first kappa shape index (κ1) is 14.7. The number of amides is 1. The molecule has 1 aliphatic heterocycles. The average Bonchev–Trinajstić information content (AvgIpc) is 2.88. The third-order valence-corrected chi connectivity index (χ3v) is 4.43. The van der Waals surface area contributed by atoms with E-state index in [9.17, 15) is 4.79 Å². The van der Waals surface area contributed by atoms with E-state index < -0.39 is 0 Å². The van der Waals surface area contributed by atoms with Gasteiger partial charge in [0.25, 0.3) is 6.02 Å². The maximum absolute atomic E-state index is 11.8. The summed E-state index contributed by atoms with van der Waals surface area (Å²) in [5, 5.41) is 0. The molecule has 1 unspecified atom stereocenters. The van der Waals surface area contributed by atoms with E-state index in [1.54, 1.807) is 4.90 Å². The lowest BCUT2D eigenvalue weighted by Gasteiger charge is -2.31. The normalized spacial score (nSPS) is 22.7. The fourth-order valence-corrected chi connectivity index (χ4v) is 3.25. The molecule has 22 heavy (non-hydrogen) atoms. The Morgan fingerprint density at radius 1 is 1.50 bits per heavy atom. The van der Waals surface area contributed by atoms with E-state index in [0.717, 1.165) is 24.9 Å². The quantitative estimate of drug-likeness (QED) is 0.904. The molecular weight excluding hydrogens is 282 g/mol. The Labute approximate surface area is 129 Å². The number of anilines is 1. The number of benzene rings is 1. The van der Waals surface area contributed by atoms with Gasteiger partial charge in [0.05, 0.1) is 7.11 Å². The summed E-state index contributed by atoms with van der Waals surface area (Å²) in [5.41, 5.74) is 8.83. The van der Waals surface area contributed by atoms with E-state index in [1.807, 2.05) is 13.0 Å². The molecule has 1 atom stereocenters. The third-order valence-electron chi connectivity index (χ3n) is 4.43. The second-order valence-corrected chi connectivity index (χ2v) is 5.81. The Bertz CT molecular complexity index is 629. The molecule has 0 radical (unpaired) electrons. The summed E-state index contributed by atoms with van der Waals surface area (Å²) < 4.78 is 10.2. The van der Waals surface area contributed by atoms with Crippen molar-refractivity contribution in [3.63, 3.8) is 0 Å². The molecule has 6 nitrogen and oxygen atoms in total. The summed E-state index contributed by atoms with van der Waals surface area (Å²) in [6.07, 6.45) is 2.31. The predicted molar refractivity (Wildman–Crippen MR) is 84.2 cm³/mol. The van der Waals surface area contributed by atoms with E-state index in [4.69, 9.17) is 15.2 Å². The SMILES string of the molecule is CCN(C(=O)OC)c1ccc2c(c1)CCC1(COC(N)=N1)C2. The number of aryl methyl sites for hydroxylation is 1. The van der Waals surface area contributed by atoms with Crippen LogP contribution < -0.4 is 10.6 Å². The molecule has 0 saturated carbocycles. The van der Waals surface area contributed by atoms with Crippen LogP contribution in [0.5, 0.6) is 0 Å². The molecular formula is C16H21N3O3. The molecule has 1 heterocycles. The molecule has 1 amide bonds. The van der Waals surface area contributed by atoms with Crippen LogP contribution in [0.1, 0.15) is 24.5 Å². The summed E-state index contributed by atoms with van der Waals surface area (Å²) in [5.74, 6) is 0. The van der Waals surface area contributed by atoms with Gasteiger partial charge in [-0.05, 0) is 43.0 Å². The highest BCUT2D eigenvalue weighted by Gasteiger charge is 2.39. The second-order valence-electron chi connectivity index (χ2n) is 5.81. The van der Waals surface area contributed by atoms with E-state index in [1.165, 1.54) is 18.2 Å². The highest BCUT2D eigenvalue weighted by Crippen LogP contribution is 2.36. The average molecular weight is 303 g/mol. The number of carbonyl (C=O) groups excluding carboxylic acids is 1. The lowest BCUT2D eigenvalue weighted by Crippen LogP contribution is -2.36. The van der Waals surface area contributed by atoms with Crippen LogP contribution in [0.15, 0.2) is 23.2 Å². The van der Waals surface area contributed by atoms with Gasteiger partial charge in [0, 0.05) is 18.7 Å². The zero-order valence-corrected chi connectivity index (χ0v) is 13.0. The first-order valence-electron chi connectivity index (χ1n) is 7.52. The number of ether oxygens (including phenoxy) is 2. The number of aliphatic imine (C=N–C) groups is 1. The standard InChI is InChI=1S/C16H21N3O3/c1-3-19(15(20)21-2)13-5-4-12-9-16(7-6-11(12)8-13)10-22-14(17)18-16/h4-5,8H,3,6-7,9-10H2,1-2H3,(H2,17,18). The maximum Gasteiger partial charge on any atom is 0.413 e. The largest absolute Gasteiger partial charge is 0.463 e. The number of nitrogens with two attached hydrogens (primary N) is 1. The minimum atomic E-state index is -0.337. The van der Waals surface area contributed by atoms with Crippen LogP contribution in [-0.2, 0) is 22.3 Å². The van der Waals surface area contributed by atoms with Gasteiger partial charge in [0.15, 0.2) is 0 Å². The van der Waals surface area contributed by atoms with Gasteiger partial charge < -0.3 is 15.2 Å². The number of nitrogens with zero attached hydrogens (tertiary/aromatic N) is 2. The van der Waals surface area contributed by atoms with Gasteiger partial charge in [-0.3, -0.25) is 4.90 Å². The lowest BCUT2D eigenvalue weighted by atomic mass is 9.79. The van der Waals surface area contributed by atoms with Crippen molar-refractivity contribution in [3.8, 4) is 0 Å². The van der Waals surface area contributed by atoms with Crippen molar-refractivity contribution in [2.75, 3.05) is 25.2 Å². The molecule has 1 aromatic carbocycles. The molecule has 0 aromatic heterocycles. The molecule has 2 N–H and O–H groups in total. The Morgan fingerprint density at radius 2 is 2.32 bits per heavy atom. The zero-order valence-electron chi connectivity index (χ0n) is 13.0. The topological polar surface area (TPSA) is 77.2 Å². The molecule has 2 aliphatic rings. The lowest BCUT2D eigenvalue weighted by molar-refractivity contribution is 0.179. The molecule has 118 valence electrons. The smallest absolute Gasteiger partial charge is 0.413 e. The summed E-state index contributed by atoms with van der Waals surface area (Å²) in [7, 11) is 1.40. The first-order valence-corrected chi connectivity index (χ1v) is 7.52. The summed E-state index contributed by atoms with van der Waals surface area (Å²) in [4.78, 5) is 17.9. The predicted octanol–water partition coefficient (Wildman–Crippen LogP) is 1.85. The first-order chi connectivity index (χ1) is 10.6. The van der Waals surface area contributed by atoms with Crippen molar-refractivity contribution < 1.29 is 14.3 Å². The van der Waals surface area contributed by atoms with E-state index >= 15 is 0 Å². The molecule has 1 aliphatic carbocycles. The van der Waals surface area contributed by atoms with Crippen LogP contribution in [0, 0.1) is 0 Å². The van der Waals surface area contributed by atoms with Crippen LogP contribution in [0.3, 0.4) is 0 Å². The van der Waals surface area contributed by atoms with Crippen molar-refractivity contribution in [2.45, 2.75) is 31.7 Å². The second kappa shape index (κ2) is 5.51. The summed E-state index contributed by atoms with van der Waals surface area (Å²) in [6, 6.07) is 6.40. The minimum Gasteiger partial charge on any atom is -0.463 e. The van der Waals surface area contributed by atoms with Crippen molar-refractivity contribution in [3.05, 3.63) is 29.3 Å². The molecule has 0 fully saturated rings. The highest BCUT2D eigenvalue weighted by atomic mass is 16.5. The van der Waals surface area contributed by atoms with Gasteiger partial charge in [0.1, 0.15) is 12.1 Å². The Kier molecular flexibility index (Phi) is 3.68. The van der Waals surface area contributed by atoms with Crippen molar-refractivity contribution in [2.24, 2.45) is 10.7 Å². The number of hydrogen-bond acceptors (Lipinski definition) is 5. The zero-order chi connectivity index (χ0) is 15.7. The fourth-order valence-electron chi connectivity index (χ4n) is 3.25. The molecule has 0 saturated heterocycles. The van der Waals surface area contributed by atoms with E-state index in [0.29, 0.717) is 19.2 Å². The van der Waals surface area contributed by atoms with Crippen molar-refractivity contribution in [1.82, 2.24) is 0 Å². The molecule has 1 spiro atoms. The molecule has 6 heteroatoms. The molecule has 1 aromatic rings. The highest BCUT2D eigenvalue weighted by molar-refractivity contribution is 5.87. The maximum atomic E-state index is 11.8. The molecule has 3 rings (SSSR count). The van der Waals surface area contributed by atoms with Crippen LogP contribution in [0.2, 0.25) is 0 Å². The van der Waals surface area contributed by atoms with Gasteiger partial charge in [-0.15, -0.1) is 0 Å². The van der Waals surface area contributed by atoms with E-state index in [-0.39, 0.29) is 11.6 Å². The van der Waals surface area contributed by atoms with Crippen LogP contribution in [0.25, 0.3) is 0 Å². The van der Waals surface area contributed by atoms with E-state index in [2.05, 4.69) is 17.1 Å². The van der Waals surface area contributed by atoms with Crippen LogP contribution in [0.4, 0.5) is 10.5 Å². The van der Waals surface area contributed by atoms with Gasteiger partial charge in [-0.25, -0.2) is 9.79 Å². The minimum absolute atomic E-state index is 0.203. The summed E-state index contributed by atoms with van der Waals surface area (Å²) in [6.45, 7) is 3.06. The number of amidine groups is 1. The third kappa shape index (κ3) is 2.49. The van der Waals surface area contributed by atoms with Crippen LogP contribution >= 0.6 is 0 Å². The number of hydrogen-bond donors (Lipinski definition) is 1. The fraction of sp³-hybridized carbons (Fsp3) is 0.500. The Balaban J connectivity index is 1.86. The monoisotopic (exact) mass is 303 g/mol. The Hall–Kier alpha value is -2.24. The number of carbonyl (C=O) groups is 1. The molecule has 0 bridgehead atoms. The van der Waals surface area contributed by atoms with Gasteiger partial charge >= 0.3 is 6.09 Å². The van der Waals surface area contributed by atoms with Crippen molar-refractivity contribution >= 4 is 17.8 Å². The van der Waals surface area contributed by atoms with Gasteiger partial charge in [-0.1, -0.05) is 6.07 Å². The van der Waals surface area contributed by atoms with Crippen LogP contribution in [-0.4, -0.2) is 37.9 Å². The number of methoxy groups -OCH3 is 1. The Morgan fingerprint density at radius 3 is 2.95 bits per heavy atom. The number of fused-ring (bicyclic) bond motifs is 1. The van der Waals surface area contributed by atoms with Gasteiger partial charge in [0.2, 0.25) is 0 Å². The summed E-state index contributed by atoms with van der Waals surface area (Å²) >= 11 is 0. The van der Waals surface area contributed by atoms with Gasteiger partial charge in [-0.2, -0.15) is 0 Å². The number of rotatable bonds is 2.